The summed E-state index contributed by atoms with van der Waals surface area (Å²) in [7, 11) is -4.53. The van der Waals surface area contributed by atoms with Crippen molar-refractivity contribution < 1.29 is 26.1 Å². The molecule has 3 aromatic rings. The van der Waals surface area contributed by atoms with Crippen molar-refractivity contribution in [2.24, 2.45) is 0 Å². The number of halogens is 3. The van der Waals surface area contributed by atoms with Crippen molar-refractivity contribution in [3.05, 3.63) is 48.5 Å². The molecule has 8 nitrogen and oxygen atoms in total. The fraction of sp³-hybridized carbons (Fsp3) is 0.0769. The summed E-state index contributed by atoms with van der Waals surface area (Å²) in [4.78, 5) is 10.2. The molecule has 0 unspecified atom stereocenters. The van der Waals surface area contributed by atoms with Gasteiger partial charge in [-0.1, -0.05) is 30.3 Å². The Labute approximate surface area is 138 Å². The van der Waals surface area contributed by atoms with Crippen LogP contribution in [0.15, 0.2) is 47.6 Å². The molecule has 0 saturated heterocycles. The Morgan fingerprint density at radius 2 is 1.64 bits per heavy atom. The lowest BCUT2D eigenvalue weighted by Gasteiger charge is -2.04. The quantitative estimate of drug-likeness (QED) is 0.701. The predicted octanol–water partition coefficient (Wildman–Crippen LogP) is 1.99. The van der Waals surface area contributed by atoms with E-state index in [-0.39, 0.29) is 11.8 Å². The van der Waals surface area contributed by atoms with Crippen LogP contribution in [0.2, 0.25) is 0 Å². The maximum atomic E-state index is 12.9. The molecule has 0 aliphatic carbocycles. The molecule has 2 heterocycles. The predicted molar refractivity (Wildman–Crippen MR) is 77.2 cm³/mol. The Bertz CT molecular complexity index is 1000. The zero-order valence-corrected chi connectivity index (χ0v) is 12.9. The normalized spacial score (nSPS) is 12.3. The van der Waals surface area contributed by atoms with Gasteiger partial charge in [0.25, 0.3) is 21.9 Å². The van der Waals surface area contributed by atoms with Crippen LogP contribution in [-0.2, 0) is 16.3 Å². The first-order valence-corrected chi connectivity index (χ1v) is 8.00. The summed E-state index contributed by atoms with van der Waals surface area (Å²) < 4.78 is 70.5. The zero-order chi connectivity index (χ0) is 18.2. The lowest BCUT2D eigenvalue weighted by Crippen LogP contribution is -2.10. The van der Waals surface area contributed by atoms with Gasteiger partial charge in [0, 0.05) is 5.56 Å². The van der Waals surface area contributed by atoms with E-state index >= 15 is 0 Å². The molecule has 0 fully saturated rings. The van der Waals surface area contributed by atoms with Gasteiger partial charge < -0.3 is 0 Å². The average Bonchev–Trinajstić information content (AvgIpc) is 3.00. The summed E-state index contributed by atoms with van der Waals surface area (Å²) in [6, 6.07) is 7.92. The fourth-order valence-electron chi connectivity index (χ4n) is 1.90. The Kier molecular flexibility index (Phi) is 4.00. The van der Waals surface area contributed by atoms with Crippen LogP contribution in [0.25, 0.3) is 17.3 Å². The summed E-state index contributed by atoms with van der Waals surface area (Å²) >= 11 is 0. The maximum absolute atomic E-state index is 12.9. The van der Waals surface area contributed by atoms with Crippen LogP contribution < -0.4 is 0 Å². The number of hydrogen-bond donors (Lipinski definition) is 1. The summed E-state index contributed by atoms with van der Waals surface area (Å²) in [6.07, 6.45) is -3.29. The largest absolute Gasteiger partial charge is 0.453 e. The highest BCUT2D eigenvalue weighted by atomic mass is 32.2. The first-order chi connectivity index (χ1) is 11.7. The SMILES string of the molecule is O=S(=O)(O)c1cnc(-n2nc(C(F)(F)F)nc2-c2ccccc2)nc1. The van der Waals surface area contributed by atoms with Crippen molar-refractivity contribution in [2.45, 2.75) is 11.1 Å². The van der Waals surface area contributed by atoms with Crippen LogP contribution in [-0.4, -0.2) is 37.7 Å². The molecule has 12 heteroatoms. The lowest BCUT2D eigenvalue weighted by atomic mass is 10.2. The second-order valence-corrected chi connectivity index (χ2v) is 6.15. The molecule has 1 N–H and O–H groups in total. The number of alkyl halides is 3. The molecule has 25 heavy (non-hydrogen) atoms. The Hall–Kier alpha value is -2.86. The first kappa shape index (κ1) is 17.0. The van der Waals surface area contributed by atoms with E-state index in [4.69, 9.17) is 4.55 Å². The summed E-state index contributed by atoms with van der Waals surface area (Å²) in [5.41, 5.74) is 0.327. The number of benzene rings is 1. The maximum Gasteiger partial charge on any atom is 0.453 e. The lowest BCUT2D eigenvalue weighted by molar-refractivity contribution is -0.144. The van der Waals surface area contributed by atoms with Crippen LogP contribution in [0.1, 0.15) is 5.82 Å². The third-order valence-electron chi connectivity index (χ3n) is 2.99. The van der Waals surface area contributed by atoms with Crippen molar-refractivity contribution in [3.63, 3.8) is 0 Å². The summed E-state index contributed by atoms with van der Waals surface area (Å²) in [6.45, 7) is 0. The average molecular weight is 371 g/mol. The molecule has 1 aromatic carbocycles. The van der Waals surface area contributed by atoms with E-state index in [0.717, 1.165) is 17.1 Å². The molecule has 3 rings (SSSR count). The van der Waals surface area contributed by atoms with Crippen LogP contribution in [0.4, 0.5) is 13.2 Å². The molecule has 130 valence electrons. The van der Waals surface area contributed by atoms with Crippen molar-refractivity contribution in [3.8, 4) is 17.3 Å². The van der Waals surface area contributed by atoms with E-state index in [1.54, 1.807) is 18.2 Å². The Morgan fingerprint density at radius 1 is 1.04 bits per heavy atom. The number of hydrogen-bond acceptors (Lipinski definition) is 6. The molecular weight excluding hydrogens is 363 g/mol. The van der Waals surface area contributed by atoms with Gasteiger partial charge >= 0.3 is 6.18 Å². The number of nitrogens with zero attached hydrogens (tertiary/aromatic N) is 5. The Balaban J connectivity index is 2.16. The van der Waals surface area contributed by atoms with Gasteiger partial charge in [0.15, 0.2) is 5.82 Å². The number of rotatable bonds is 3. The molecule has 0 saturated carbocycles. The minimum atomic E-state index is -4.79. The smallest absolute Gasteiger partial charge is 0.282 e. The van der Waals surface area contributed by atoms with Gasteiger partial charge in [-0.05, 0) is 0 Å². The van der Waals surface area contributed by atoms with Crippen LogP contribution in [0.3, 0.4) is 0 Å². The van der Waals surface area contributed by atoms with E-state index in [2.05, 4.69) is 20.1 Å². The molecule has 0 amide bonds. The highest BCUT2D eigenvalue weighted by Gasteiger charge is 2.37. The molecule has 0 aliphatic rings. The van der Waals surface area contributed by atoms with Gasteiger partial charge in [-0.15, -0.1) is 5.10 Å². The van der Waals surface area contributed by atoms with E-state index in [1.165, 1.54) is 12.1 Å². The minimum Gasteiger partial charge on any atom is -0.282 e. The fourth-order valence-corrected chi connectivity index (χ4v) is 2.27. The first-order valence-electron chi connectivity index (χ1n) is 6.56. The monoisotopic (exact) mass is 371 g/mol. The highest BCUT2D eigenvalue weighted by molar-refractivity contribution is 7.85. The van der Waals surface area contributed by atoms with Crippen molar-refractivity contribution >= 4 is 10.1 Å². The molecule has 0 spiro atoms. The highest BCUT2D eigenvalue weighted by Crippen LogP contribution is 2.29. The second-order valence-electron chi connectivity index (χ2n) is 4.73. The van der Waals surface area contributed by atoms with Crippen molar-refractivity contribution in [1.82, 2.24) is 24.7 Å². The minimum absolute atomic E-state index is 0.174. The molecule has 0 bridgehead atoms. The zero-order valence-electron chi connectivity index (χ0n) is 12.1. The van der Waals surface area contributed by atoms with Crippen LogP contribution in [0.5, 0.6) is 0 Å². The molecule has 0 radical (unpaired) electrons. The van der Waals surface area contributed by atoms with Crippen molar-refractivity contribution in [1.29, 1.82) is 0 Å². The van der Waals surface area contributed by atoms with Gasteiger partial charge in [-0.2, -0.15) is 26.3 Å². The molecule has 0 aliphatic heterocycles. The van der Waals surface area contributed by atoms with Gasteiger partial charge in [0.1, 0.15) is 4.90 Å². The van der Waals surface area contributed by atoms with Gasteiger partial charge in [-0.25, -0.2) is 15.0 Å². The topological polar surface area (TPSA) is 111 Å². The third kappa shape index (κ3) is 3.49. The standard InChI is InChI=1S/C13H8F3N5O3S/c14-13(15,16)11-19-10(8-4-2-1-3-5-8)21(20-11)12-17-6-9(7-18-12)25(22,23)24/h1-7H,(H,22,23,24). The van der Waals surface area contributed by atoms with E-state index in [9.17, 15) is 21.6 Å². The summed E-state index contributed by atoms with van der Waals surface area (Å²) in [5.74, 6) is -1.91. The van der Waals surface area contributed by atoms with E-state index < -0.39 is 27.0 Å². The second kappa shape index (κ2) is 5.89. The van der Waals surface area contributed by atoms with E-state index in [0.29, 0.717) is 5.56 Å². The van der Waals surface area contributed by atoms with Gasteiger partial charge in [0.05, 0.1) is 12.4 Å². The van der Waals surface area contributed by atoms with E-state index in [1.807, 2.05) is 0 Å². The number of aromatic nitrogens is 5. The molecule has 0 atom stereocenters. The Morgan fingerprint density at radius 3 is 2.16 bits per heavy atom. The summed E-state index contributed by atoms with van der Waals surface area (Å²) in [5, 5.41) is 3.36. The third-order valence-corrected chi connectivity index (χ3v) is 3.80. The molecular formula is C13H8F3N5O3S. The van der Waals surface area contributed by atoms with Crippen molar-refractivity contribution in [2.75, 3.05) is 0 Å². The van der Waals surface area contributed by atoms with Crippen LogP contribution >= 0.6 is 0 Å². The van der Waals surface area contributed by atoms with Gasteiger partial charge in [0.2, 0.25) is 0 Å². The van der Waals surface area contributed by atoms with Gasteiger partial charge in [-0.3, -0.25) is 4.55 Å². The van der Waals surface area contributed by atoms with Crippen LogP contribution in [0, 0.1) is 0 Å². The molecule has 2 aromatic heterocycles.